The van der Waals surface area contributed by atoms with Crippen LogP contribution in [0.4, 0.5) is 0 Å². The van der Waals surface area contributed by atoms with E-state index in [2.05, 4.69) is 0 Å². The maximum atomic E-state index is 12.8. The molecule has 0 saturated carbocycles. The number of benzene rings is 2. The summed E-state index contributed by atoms with van der Waals surface area (Å²) in [4.78, 5) is 36.2. The Balaban J connectivity index is 2.47. The Morgan fingerprint density at radius 1 is 1.08 bits per heavy atom. The molecule has 5 nitrogen and oxygen atoms in total. The number of carboxylic acid groups (broad SMARTS) is 1. The van der Waals surface area contributed by atoms with E-state index in [-0.39, 0.29) is 33.3 Å². The number of Topliss-reactive ketones (excluding diaryl/α,β-unsaturated/α-hetero) is 1. The van der Waals surface area contributed by atoms with Gasteiger partial charge >= 0.3 is 5.97 Å². The molecule has 0 aliphatic carbocycles. The highest BCUT2D eigenvalue weighted by atomic mass is 16.4. The highest BCUT2D eigenvalue weighted by Gasteiger charge is 2.17. The number of aryl methyl sites for hydroxylation is 1. The Hall–Kier alpha value is -2.95. The van der Waals surface area contributed by atoms with Gasteiger partial charge in [0.25, 0.3) is 0 Å². The summed E-state index contributed by atoms with van der Waals surface area (Å²) in [7, 11) is 0. The molecule has 0 amide bonds. The SMILES string of the molecule is CCC(=O)c1cc(CC)cc2c(=O)c3cc(C(=O)O)ccc3oc12. The van der Waals surface area contributed by atoms with Gasteiger partial charge in [0.05, 0.1) is 21.9 Å². The van der Waals surface area contributed by atoms with Gasteiger partial charge in [-0.15, -0.1) is 0 Å². The minimum atomic E-state index is -1.11. The van der Waals surface area contributed by atoms with Crippen LogP contribution in [0, 0.1) is 0 Å². The van der Waals surface area contributed by atoms with Gasteiger partial charge in [-0.1, -0.05) is 13.8 Å². The third-order valence-electron chi connectivity index (χ3n) is 4.11. The van der Waals surface area contributed by atoms with Gasteiger partial charge < -0.3 is 9.52 Å². The first-order valence-corrected chi connectivity index (χ1v) is 7.76. The monoisotopic (exact) mass is 324 g/mol. The molecule has 0 radical (unpaired) electrons. The van der Waals surface area contributed by atoms with Crippen molar-refractivity contribution in [3.63, 3.8) is 0 Å². The molecule has 0 spiro atoms. The summed E-state index contributed by atoms with van der Waals surface area (Å²) in [6, 6.07) is 7.60. The topological polar surface area (TPSA) is 84.6 Å². The Bertz CT molecular complexity index is 1040. The second kappa shape index (κ2) is 5.92. The normalized spacial score (nSPS) is 11.1. The zero-order valence-electron chi connectivity index (χ0n) is 13.4. The van der Waals surface area contributed by atoms with Crippen molar-refractivity contribution in [2.45, 2.75) is 26.7 Å². The first-order chi connectivity index (χ1) is 11.5. The van der Waals surface area contributed by atoms with Crippen LogP contribution in [-0.4, -0.2) is 16.9 Å². The number of hydrogen-bond acceptors (Lipinski definition) is 4. The van der Waals surface area contributed by atoms with Crippen LogP contribution in [0.3, 0.4) is 0 Å². The number of aromatic carboxylic acids is 1. The van der Waals surface area contributed by atoms with Crippen LogP contribution in [0.15, 0.2) is 39.5 Å². The smallest absolute Gasteiger partial charge is 0.335 e. The zero-order valence-corrected chi connectivity index (χ0v) is 13.4. The van der Waals surface area contributed by atoms with E-state index in [1.807, 2.05) is 6.92 Å². The average molecular weight is 324 g/mol. The van der Waals surface area contributed by atoms with Crippen molar-refractivity contribution in [2.75, 3.05) is 0 Å². The average Bonchev–Trinajstić information content (AvgIpc) is 2.60. The van der Waals surface area contributed by atoms with E-state index in [4.69, 9.17) is 9.52 Å². The summed E-state index contributed by atoms with van der Waals surface area (Å²) in [5.41, 5.74) is 1.49. The van der Waals surface area contributed by atoms with Crippen molar-refractivity contribution in [3.8, 4) is 0 Å². The van der Waals surface area contributed by atoms with Gasteiger partial charge in [0.1, 0.15) is 11.2 Å². The summed E-state index contributed by atoms with van der Waals surface area (Å²) >= 11 is 0. The maximum absolute atomic E-state index is 12.8. The van der Waals surface area contributed by atoms with Crippen molar-refractivity contribution in [1.82, 2.24) is 0 Å². The standard InChI is InChI=1S/C19H16O5/c1-3-10-7-12(15(20)4-2)18-14(8-10)17(21)13-9-11(19(22)23)5-6-16(13)24-18/h5-9H,3-4H2,1-2H3,(H,22,23). The van der Waals surface area contributed by atoms with E-state index in [0.29, 0.717) is 23.8 Å². The van der Waals surface area contributed by atoms with E-state index < -0.39 is 5.97 Å². The van der Waals surface area contributed by atoms with Crippen molar-refractivity contribution in [1.29, 1.82) is 0 Å². The van der Waals surface area contributed by atoms with Crippen LogP contribution < -0.4 is 5.43 Å². The van der Waals surface area contributed by atoms with Crippen LogP contribution in [0.25, 0.3) is 21.9 Å². The van der Waals surface area contributed by atoms with Gasteiger partial charge in [0.2, 0.25) is 5.43 Å². The van der Waals surface area contributed by atoms with Gasteiger partial charge in [-0.25, -0.2) is 4.79 Å². The summed E-state index contributed by atoms with van der Waals surface area (Å²) < 4.78 is 5.80. The maximum Gasteiger partial charge on any atom is 0.335 e. The van der Waals surface area contributed by atoms with Crippen molar-refractivity contribution < 1.29 is 19.1 Å². The largest absolute Gasteiger partial charge is 0.478 e. The minimum Gasteiger partial charge on any atom is -0.478 e. The summed E-state index contributed by atoms with van der Waals surface area (Å²) in [6.07, 6.45) is 0.981. The van der Waals surface area contributed by atoms with Crippen LogP contribution in [0.2, 0.25) is 0 Å². The molecule has 0 aliphatic heterocycles. The van der Waals surface area contributed by atoms with Crippen molar-refractivity contribution >= 4 is 33.7 Å². The zero-order chi connectivity index (χ0) is 17.4. The molecule has 1 heterocycles. The van der Waals surface area contributed by atoms with Crippen LogP contribution in [-0.2, 0) is 6.42 Å². The molecule has 1 aromatic heterocycles. The molecule has 5 heteroatoms. The number of carbonyl (C=O) groups excluding carboxylic acids is 1. The van der Waals surface area contributed by atoms with E-state index in [1.54, 1.807) is 19.1 Å². The molecule has 0 unspecified atom stereocenters. The second-order valence-corrected chi connectivity index (χ2v) is 5.60. The van der Waals surface area contributed by atoms with Crippen molar-refractivity contribution in [2.24, 2.45) is 0 Å². The van der Waals surface area contributed by atoms with E-state index in [1.165, 1.54) is 18.2 Å². The lowest BCUT2D eigenvalue weighted by molar-refractivity contribution is 0.0697. The molecule has 0 atom stereocenters. The molecule has 0 bridgehead atoms. The summed E-state index contributed by atoms with van der Waals surface area (Å²) in [5, 5.41) is 9.61. The van der Waals surface area contributed by atoms with Crippen LogP contribution in [0.5, 0.6) is 0 Å². The first kappa shape index (κ1) is 15.9. The lowest BCUT2D eigenvalue weighted by atomic mass is 9.99. The Morgan fingerprint density at radius 2 is 1.83 bits per heavy atom. The quantitative estimate of drug-likeness (QED) is 0.583. The highest BCUT2D eigenvalue weighted by Crippen LogP contribution is 2.25. The predicted octanol–water partition coefficient (Wildman–Crippen LogP) is 3.80. The fraction of sp³-hybridized carbons (Fsp3) is 0.211. The van der Waals surface area contributed by atoms with Gasteiger partial charge in [-0.3, -0.25) is 9.59 Å². The van der Waals surface area contributed by atoms with Gasteiger partial charge in [0, 0.05) is 6.42 Å². The third-order valence-corrected chi connectivity index (χ3v) is 4.11. The molecule has 0 aliphatic rings. The molecule has 3 aromatic rings. The number of ketones is 1. The first-order valence-electron chi connectivity index (χ1n) is 7.76. The molecule has 122 valence electrons. The molecule has 3 rings (SSSR count). The number of carboxylic acids is 1. The molecular formula is C19H16O5. The van der Waals surface area contributed by atoms with Crippen molar-refractivity contribution in [3.05, 3.63) is 57.2 Å². The lowest BCUT2D eigenvalue weighted by Gasteiger charge is -2.09. The second-order valence-electron chi connectivity index (χ2n) is 5.60. The van der Waals surface area contributed by atoms with Gasteiger partial charge in [-0.05, 0) is 42.3 Å². The lowest BCUT2D eigenvalue weighted by Crippen LogP contribution is -2.08. The Kier molecular flexibility index (Phi) is 3.93. The van der Waals surface area contributed by atoms with Crippen LogP contribution >= 0.6 is 0 Å². The number of fused-ring (bicyclic) bond motifs is 2. The van der Waals surface area contributed by atoms with Gasteiger partial charge in [-0.2, -0.15) is 0 Å². The van der Waals surface area contributed by atoms with E-state index in [0.717, 1.165) is 5.56 Å². The Morgan fingerprint density at radius 3 is 2.46 bits per heavy atom. The fourth-order valence-corrected chi connectivity index (χ4v) is 2.75. The van der Waals surface area contributed by atoms with Crippen LogP contribution in [0.1, 0.15) is 46.5 Å². The predicted molar refractivity (Wildman–Crippen MR) is 90.9 cm³/mol. The van der Waals surface area contributed by atoms with E-state index >= 15 is 0 Å². The number of carbonyl (C=O) groups is 2. The number of rotatable bonds is 4. The highest BCUT2D eigenvalue weighted by molar-refractivity contribution is 6.08. The molecule has 1 N–H and O–H groups in total. The van der Waals surface area contributed by atoms with Gasteiger partial charge in [0.15, 0.2) is 5.78 Å². The fourth-order valence-electron chi connectivity index (χ4n) is 2.75. The Labute approximate surface area is 137 Å². The minimum absolute atomic E-state index is 0.0191. The molecule has 24 heavy (non-hydrogen) atoms. The molecule has 0 saturated heterocycles. The molecule has 2 aromatic carbocycles. The summed E-state index contributed by atoms with van der Waals surface area (Å²) in [5.74, 6) is -1.21. The van der Waals surface area contributed by atoms with E-state index in [9.17, 15) is 14.4 Å². The molecule has 0 fully saturated rings. The number of hydrogen-bond donors (Lipinski definition) is 1. The third kappa shape index (κ3) is 2.48. The molecular weight excluding hydrogens is 308 g/mol. The summed E-state index contributed by atoms with van der Waals surface area (Å²) in [6.45, 7) is 3.69.